The van der Waals surface area contributed by atoms with Gasteiger partial charge in [-0.3, -0.25) is 0 Å². The largest absolute Gasteiger partial charge is 0.109 e. The Morgan fingerprint density at radius 3 is 1.67 bits per heavy atom. The third-order valence-electron chi connectivity index (χ3n) is 3.16. The van der Waals surface area contributed by atoms with Gasteiger partial charge in [-0.25, -0.2) is 0 Å². The molecule has 0 atom stereocenters. The van der Waals surface area contributed by atoms with Gasteiger partial charge in [0, 0.05) is 0 Å². The number of halogens is 1. The van der Waals surface area contributed by atoms with Crippen LogP contribution in [0.1, 0.15) is 18.1 Å². The number of fused-ring (bicyclic) bond motifs is 3. The van der Waals surface area contributed by atoms with Gasteiger partial charge in [-0.15, -0.1) is 11.6 Å². The van der Waals surface area contributed by atoms with E-state index in [0.717, 1.165) is 0 Å². The molecule has 2 aromatic rings. The first-order valence-corrected chi connectivity index (χ1v) is 5.47. The lowest BCUT2D eigenvalue weighted by atomic mass is 9.98. The normalized spacial score (nSPS) is 15.9. The molecular formula is C14H11Cl. The number of rotatable bonds is 0. The van der Waals surface area contributed by atoms with Crippen LogP contribution in [0.2, 0.25) is 0 Å². The maximum atomic E-state index is 6.63. The summed E-state index contributed by atoms with van der Waals surface area (Å²) < 4.78 is 0. The quantitative estimate of drug-likeness (QED) is 0.578. The molecule has 1 aliphatic carbocycles. The van der Waals surface area contributed by atoms with Gasteiger partial charge in [-0.1, -0.05) is 48.5 Å². The minimum Gasteiger partial charge on any atom is -0.109 e. The molecule has 2 aromatic carbocycles. The van der Waals surface area contributed by atoms with Crippen LogP contribution in [0.4, 0.5) is 0 Å². The predicted octanol–water partition coefficient (Wildman–Crippen LogP) is 4.17. The summed E-state index contributed by atoms with van der Waals surface area (Å²) >= 11 is 6.63. The van der Waals surface area contributed by atoms with E-state index in [-0.39, 0.29) is 4.87 Å². The fourth-order valence-corrected chi connectivity index (χ4v) is 2.73. The maximum Gasteiger partial charge on any atom is 0.0927 e. The minimum atomic E-state index is -0.368. The molecule has 0 aromatic heterocycles. The van der Waals surface area contributed by atoms with Gasteiger partial charge in [0.05, 0.1) is 4.87 Å². The van der Waals surface area contributed by atoms with E-state index in [2.05, 4.69) is 43.3 Å². The first-order valence-electron chi connectivity index (χ1n) is 5.09. The second kappa shape index (κ2) is 2.86. The lowest BCUT2D eigenvalue weighted by Crippen LogP contribution is -2.10. The van der Waals surface area contributed by atoms with Gasteiger partial charge in [0.1, 0.15) is 0 Å². The molecule has 0 radical (unpaired) electrons. The molecule has 3 rings (SSSR count). The molecule has 0 heterocycles. The molecule has 0 spiro atoms. The molecule has 0 aliphatic heterocycles. The van der Waals surface area contributed by atoms with Crippen LogP contribution in [0.3, 0.4) is 0 Å². The van der Waals surface area contributed by atoms with Crippen molar-refractivity contribution in [1.82, 2.24) is 0 Å². The highest BCUT2D eigenvalue weighted by Gasteiger charge is 2.36. The highest BCUT2D eigenvalue weighted by atomic mass is 35.5. The summed E-state index contributed by atoms with van der Waals surface area (Å²) in [6, 6.07) is 16.7. The van der Waals surface area contributed by atoms with Gasteiger partial charge in [0.15, 0.2) is 0 Å². The van der Waals surface area contributed by atoms with E-state index < -0.39 is 0 Å². The van der Waals surface area contributed by atoms with Gasteiger partial charge in [-0.05, 0) is 29.2 Å². The molecular weight excluding hydrogens is 204 g/mol. The lowest BCUT2D eigenvalue weighted by molar-refractivity contribution is 0.851. The zero-order valence-corrected chi connectivity index (χ0v) is 9.25. The number of alkyl halides is 1. The first-order chi connectivity index (χ1) is 7.21. The smallest absolute Gasteiger partial charge is 0.0927 e. The van der Waals surface area contributed by atoms with E-state index in [1.165, 1.54) is 22.3 Å². The molecule has 0 unspecified atom stereocenters. The van der Waals surface area contributed by atoms with Gasteiger partial charge in [0.2, 0.25) is 0 Å². The van der Waals surface area contributed by atoms with Crippen molar-refractivity contribution < 1.29 is 0 Å². The molecule has 1 aliphatic rings. The number of hydrogen-bond acceptors (Lipinski definition) is 0. The Hall–Kier alpha value is -1.27. The van der Waals surface area contributed by atoms with Crippen molar-refractivity contribution in [3.8, 4) is 11.1 Å². The van der Waals surface area contributed by atoms with Crippen LogP contribution in [-0.4, -0.2) is 0 Å². The molecule has 0 fully saturated rings. The molecule has 0 amide bonds. The van der Waals surface area contributed by atoms with E-state index in [4.69, 9.17) is 11.6 Å². The summed E-state index contributed by atoms with van der Waals surface area (Å²) in [6.45, 7) is 2.07. The standard InChI is InChI=1S/C14H11Cl/c1-14(15)12-8-4-2-6-10(12)11-7-3-5-9-13(11)14/h2-9H,1H3. The molecule has 1 heteroatoms. The minimum absolute atomic E-state index is 0.368. The van der Waals surface area contributed by atoms with Crippen molar-refractivity contribution in [3.05, 3.63) is 59.7 Å². The van der Waals surface area contributed by atoms with E-state index in [1.807, 2.05) is 12.1 Å². The van der Waals surface area contributed by atoms with Gasteiger partial charge >= 0.3 is 0 Å². The van der Waals surface area contributed by atoms with Crippen molar-refractivity contribution >= 4 is 11.6 Å². The van der Waals surface area contributed by atoms with Crippen molar-refractivity contribution in [1.29, 1.82) is 0 Å². The van der Waals surface area contributed by atoms with Gasteiger partial charge in [-0.2, -0.15) is 0 Å². The van der Waals surface area contributed by atoms with E-state index >= 15 is 0 Å². The molecule has 0 bridgehead atoms. The topological polar surface area (TPSA) is 0 Å². The molecule has 74 valence electrons. The fourth-order valence-electron chi connectivity index (χ4n) is 2.40. The van der Waals surface area contributed by atoms with Crippen molar-refractivity contribution in [3.63, 3.8) is 0 Å². The summed E-state index contributed by atoms with van der Waals surface area (Å²) in [5.41, 5.74) is 4.97. The van der Waals surface area contributed by atoms with Crippen molar-refractivity contribution in [2.45, 2.75) is 11.8 Å². The Bertz CT molecular complexity index is 479. The first kappa shape index (κ1) is 8.99. The summed E-state index contributed by atoms with van der Waals surface area (Å²) in [6.07, 6.45) is 0. The van der Waals surface area contributed by atoms with Crippen LogP contribution in [0.5, 0.6) is 0 Å². The highest BCUT2D eigenvalue weighted by molar-refractivity contribution is 6.28. The van der Waals surface area contributed by atoms with E-state index in [0.29, 0.717) is 0 Å². The summed E-state index contributed by atoms with van der Waals surface area (Å²) in [4.78, 5) is -0.368. The third-order valence-corrected chi connectivity index (χ3v) is 3.56. The van der Waals surface area contributed by atoms with Crippen LogP contribution in [0.15, 0.2) is 48.5 Å². The zero-order valence-electron chi connectivity index (χ0n) is 8.50. The molecule has 0 saturated carbocycles. The Labute approximate surface area is 94.5 Å². The molecule has 15 heavy (non-hydrogen) atoms. The third kappa shape index (κ3) is 1.09. The van der Waals surface area contributed by atoms with Crippen LogP contribution >= 0.6 is 11.6 Å². The number of benzene rings is 2. The van der Waals surface area contributed by atoms with E-state index in [1.54, 1.807) is 0 Å². The van der Waals surface area contributed by atoms with Crippen LogP contribution < -0.4 is 0 Å². The monoisotopic (exact) mass is 214 g/mol. The van der Waals surface area contributed by atoms with Gasteiger partial charge in [0.25, 0.3) is 0 Å². The van der Waals surface area contributed by atoms with Crippen molar-refractivity contribution in [2.24, 2.45) is 0 Å². The average molecular weight is 215 g/mol. The Kier molecular flexibility index (Phi) is 1.72. The van der Waals surface area contributed by atoms with Crippen LogP contribution in [0.25, 0.3) is 11.1 Å². The highest BCUT2D eigenvalue weighted by Crippen LogP contribution is 2.50. The Morgan fingerprint density at radius 1 is 0.800 bits per heavy atom. The average Bonchev–Trinajstić information content (AvgIpc) is 2.51. The second-order valence-corrected chi connectivity index (χ2v) is 4.85. The molecule has 0 saturated heterocycles. The Balaban J connectivity index is 2.42. The summed E-state index contributed by atoms with van der Waals surface area (Å²) in [5.74, 6) is 0. The van der Waals surface area contributed by atoms with Crippen LogP contribution in [0, 0.1) is 0 Å². The van der Waals surface area contributed by atoms with Gasteiger partial charge < -0.3 is 0 Å². The zero-order chi connectivity index (χ0) is 10.5. The van der Waals surface area contributed by atoms with Crippen LogP contribution in [-0.2, 0) is 4.87 Å². The molecule has 0 N–H and O–H groups in total. The lowest BCUT2D eigenvalue weighted by Gasteiger charge is -2.17. The predicted molar refractivity (Wildman–Crippen MR) is 64.2 cm³/mol. The van der Waals surface area contributed by atoms with E-state index in [9.17, 15) is 0 Å². The summed E-state index contributed by atoms with van der Waals surface area (Å²) in [5, 5.41) is 0. The SMILES string of the molecule is CC1(Cl)c2ccccc2-c2ccccc21. The van der Waals surface area contributed by atoms with Crippen molar-refractivity contribution in [2.75, 3.05) is 0 Å². The summed E-state index contributed by atoms with van der Waals surface area (Å²) in [7, 11) is 0. The maximum absolute atomic E-state index is 6.63. The second-order valence-electron chi connectivity index (χ2n) is 4.09. The Morgan fingerprint density at radius 2 is 1.20 bits per heavy atom. The molecule has 0 nitrogen and oxygen atoms in total. The fraction of sp³-hybridized carbons (Fsp3) is 0.143. The number of hydrogen-bond donors (Lipinski definition) is 0.